The minimum Gasteiger partial charge on any atom is -0.309 e. The van der Waals surface area contributed by atoms with E-state index in [-0.39, 0.29) is 10.8 Å². The van der Waals surface area contributed by atoms with Gasteiger partial charge in [0.05, 0.1) is 16.2 Å². The summed E-state index contributed by atoms with van der Waals surface area (Å²) in [5, 5.41) is 10.2. The monoisotopic (exact) mass is 341 g/mol. The second-order valence-corrected chi connectivity index (χ2v) is 7.40. The Hall–Kier alpha value is -2.15. The Morgan fingerprint density at radius 2 is 2.12 bits per heavy atom. The summed E-state index contributed by atoms with van der Waals surface area (Å²) in [6, 6.07) is 7.40. The molecule has 2 heterocycles. The van der Waals surface area contributed by atoms with Crippen molar-refractivity contribution in [1.29, 1.82) is 0 Å². The van der Waals surface area contributed by atoms with Gasteiger partial charge in [0.15, 0.2) is 5.16 Å². The van der Waals surface area contributed by atoms with Gasteiger partial charge in [-0.25, -0.2) is 4.98 Å². The molecule has 1 unspecified atom stereocenters. The minimum atomic E-state index is -0.0984. The zero-order valence-corrected chi connectivity index (χ0v) is 14.5. The molecule has 1 aliphatic rings. The van der Waals surface area contributed by atoms with Crippen LogP contribution in [-0.4, -0.2) is 24.7 Å². The number of rotatable bonds is 5. The Morgan fingerprint density at radius 3 is 2.88 bits per heavy atom. The van der Waals surface area contributed by atoms with E-state index in [0.717, 1.165) is 23.0 Å². The summed E-state index contributed by atoms with van der Waals surface area (Å²) < 4.78 is 2.18. The number of aromatic amines is 1. The molecule has 6 nitrogen and oxygen atoms in total. The minimum absolute atomic E-state index is 0.0103. The highest BCUT2D eigenvalue weighted by Gasteiger charge is 2.30. The molecule has 1 atom stereocenters. The second-order valence-electron chi connectivity index (χ2n) is 6.09. The van der Waals surface area contributed by atoms with Gasteiger partial charge < -0.3 is 9.55 Å². The third-order valence-corrected chi connectivity index (χ3v) is 5.39. The first-order chi connectivity index (χ1) is 11.7. The molecule has 1 aromatic carbocycles. The zero-order chi connectivity index (χ0) is 16.7. The SMILES string of the molecule is CCn1c(SC(C)c2nc3ccccc3c(=O)[nH]2)nnc1C1CC1. The van der Waals surface area contributed by atoms with E-state index in [2.05, 4.69) is 31.7 Å². The van der Waals surface area contributed by atoms with Crippen LogP contribution < -0.4 is 5.56 Å². The molecule has 1 aliphatic carbocycles. The van der Waals surface area contributed by atoms with Gasteiger partial charge in [0.25, 0.3) is 5.56 Å². The first-order valence-corrected chi connectivity index (χ1v) is 9.14. The highest BCUT2D eigenvalue weighted by Crippen LogP contribution is 2.41. The van der Waals surface area contributed by atoms with E-state index in [1.165, 1.54) is 12.8 Å². The van der Waals surface area contributed by atoms with Crippen LogP contribution >= 0.6 is 11.8 Å². The Kier molecular flexibility index (Phi) is 3.88. The Bertz CT molecular complexity index is 944. The molecule has 1 N–H and O–H groups in total. The summed E-state index contributed by atoms with van der Waals surface area (Å²) in [5.74, 6) is 2.33. The van der Waals surface area contributed by atoms with Crippen molar-refractivity contribution in [3.63, 3.8) is 0 Å². The Labute approximate surface area is 143 Å². The first kappa shape index (κ1) is 15.4. The van der Waals surface area contributed by atoms with E-state index >= 15 is 0 Å². The number of H-pyrrole nitrogens is 1. The van der Waals surface area contributed by atoms with Gasteiger partial charge in [0.1, 0.15) is 11.6 Å². The lowest BCUT2D eigenvalue weighted by Gasteiger charge is -2.12. The van der Waals surface area contributed by atoms with Gasteiger partial charge in [-0.05, 0) is 38.8 Å². The maximum atomic E-state index is 12.2. The maximum absolute atomic E-state index is 12.2. The highest BCUT2D eigenvalue weighted by molar-refractivity contribution is 7.99. The van der Waals surface area contributed by atoms with Crippen molar-refractivity contribution >= 4 is 22.7 Å². The summed E-state index contributed by atoms with van der Waals surface area (Å²) in [5.41, 5.74) is 0.623. The molecule has 2 aromatic heterocycles. The fourth-order valence-electron chi connectivity index (χ4n) is 2.84. The normalized spacial score (nSPS) is 15.8. The van der Waals surface area contributed by atoms with Gasteiger partial charge in [-0.1, -0.05) is 23.9 Å². The van der Waals surface area contributed by atoms with Crippen LogP contribution in [0.1, 0.15) is 49.5 Å². The fraction of sp³-hybridized carbons (Fsp3) is 0.412. The Balaban J connectivity index is 1.65. The van der Waals surface area contributed by atoms with Crippen LogP contribution in [0.4, 0.5) is 0 Å². The molecule has 0 spiro atoms. The molecule has 1 saturated carbocycles. The van der Waals surface area contributed by atoms with E-state index in [1.807, 2.05) is 25.1 Å². The summed E-state index contributed by atoms with van der Waals surface area (Å²) in [6.45, 7) is 5.00. The van der Waals surface area contributed by atoms with Crippen LogP contribution in [0.5, 0.6) is 0 Å². The van der Waals surface area contributed by atoms with Crippen molar-refractivity contribution in [2.45, 2.75) is 49.6 Å². The molecular formula is C17H19N5OS. The molecule has 124 valence electrons. The lowest BCUT2D eigenvalue weighted by atomic mass is 10.2. The van der Waals surface area contributed by atoms with Gasteiger partial charge in [0.2, 0.25) is 0 Å². The smallest absolute Gasteiger partial charge is 0.258 e. The topological polar surface area (TPSA) is 76.5 Å². The number of aromatic nitrogens is 5. The van der Waals surface area contributed by atoms with Gasteiger partial charge in [-0.15, -0.1) is 10.2 Å². The maximum Gasteiger partial charge on any atom is 0.258 e. The van der Waals surface area contributed by atoms with Crippen LogP contribution in [0, 0.1) is 0 Å². The third-order valence-electron chi connectivity index (χ3n) is 4.30. The number of hydrogen-bond acceptors (Lipinski definition) is 5. The van der Waals surface area contributed by atoms with Crippen LogP contribution in [0.2, 0.25) is 0 Å². The standard InChI is InChI=1S/C17H19N5OS/c1-3-22-15(11-8-9-11)20-21-17(22)24-10(2)14-18-13-7-5-4-6-12(13)16(23)19-14/h4-7,10-11H,3,8-9H2,1-2H3,(H,18,19,23). The predicted molar refractivity (Wildman–Crippen MR) is 94.3 cm³/mol. The average Bonchev–Trinajstić information content (AvgIpc) is 3.36. The molecular weight excluding hydrogens is 322 g/mol. The van der Waals surface area contributed by atoms with Crippen LogP contribution in [-0.2, 0) is 6.54 Å². The van der Waals surface area contributed by atoms with E-state index in [1.54, 1.807) is 17.8 Å². The predicted octanol–water partition coefficient (Wildman–Crippen LogP) is 3.27. The zero-order valence-electron chi connectivity index (χ0n) is 13.7. The van der Waals surface area contributed by atoms with Gasteiger partial charge in [0, 0.05) is 12.5 Å². The summed E-state index contributed by atoms with van der Waals surface area (Å²) in [6.07, 6.45) is 2.41. The molecule has 0 aliphatic heterocycles. The number of benzene rings is 1. The number of hydrogen-bond donors (Lipinski definition) is 1. The summed E-state index contributed by atoms with van der Waals surface area (Å²) >= 11 is 1.59. The van der Waals surface area contributed by atoms with Crippen molar-refractivity contribution < 1.29 is 0 Å². The lowest BCUT2D eigenvalue weighted by molar-refractivity contribution is 0.642. The Morgan fingerprint density at radius 1 is 1.33 bits per heavy atom. The number of nitrogens with one attached hydrogen (secondary N) is 1. The third kappa shape index (κ3) is 2.73. The van der Waals surface area contributed by atoms with Crippen molar-refractivity contribution in [1.82, 2.24) is 24.7 Å². The molecule has 4 rings (SSSR count). The van der Waals surface area contributed by atoms with Crippen molar-refractivity contribution in [2.24, 2.45) is 0 Å². The molecule has 0 radical (unpaired) electrons. The fourth-order valence-corrected chi connectivity index (χ4v) is 3.82. The number of nitrogens with zero attached hydrogens (tertiary/aromatic N) is 4. The quantitative estimate of drug-likeness (QED) is 0.721. The van der Waals surface area contributed by atoms with E-state index in [0.29, 0.717) is 17.1 Å². The van der Waals surface area contributed by atoms with Gasteiger partial charge in [-0.2, -0.15) is 0 Å². The summed E-state index contributed by atoms with van der Waals surface area (Å²) in [7, 11) is 0. The largest absolute Gasteiger partial charge is 0.309 e. The van der Waals surface area contributed by atoms with Crippen LogP contribution in [0.15, 0.2) is 34.2 Å². The number of thioether (sulfide) groups is 1. The molecule has 1 fully saturated rings. The highest BCUT2D eigenvalue weighted by atomic mass is 32.2. The van der Waals surface area contributed by atoms with Crippen molar-refractivity contribution in [3.8, 4) is 0 Å². The first-order valence-electron chi connectivity index (χ1n) is 8.26. The van der Waals surface area contributed by atoms with Gasteiger partial charge >= 0.3 is 0 Å². The van der Waals surface area contributed by atoms with E-state index in [4.69, 9.17) is 0 Å². The number of para-hydroxylation sites is 1. The molecule has 0 saturated heterocycles. The van der Waals surface area contributed by atoms with E-state index < -0.39 is 0 Å². The number of fused-ring (bicyclic) bond motifs is 1. The summed E-state index contributed by atoms with van der Waals surface area (Å²) in [4.78, 5) is 19.8. The molecule has 3 aromatic rings. The molecule has 0 amide bonds. The molecule has 0 bridgehead atoms. The molecule has 24 heavy (non-hydrogen) atoms. The van der Waals surface area contributed by atoms with Crippen LogP contribution in [0.3, 0.4) is 0 Å². The lowest BCUT2D eigenvalue weighted by Crippen LogP contribution is -2.13. The average molecular weight is 341 g/mol. The van der Waals surface area contributed by atoms with Gasteiger partial charge in [-0.3, -0.25) is 4.79 Å². The van der Waals surface area contributed by atoms with Crippen molar-refractivity contribution in [3.05, 3.63) is 46.3 Å². The second kappa shape index (κ2) is 6.05. The van der Waals surface area contributed by atoms with Crippen LogP contribution in [0.25, 0.3) is 10.9 Å². The van der Waals surface area contributed by atoms with Crippen molar-refractivity contribution in [2.75, 3.05) is 0 Å². The van der Waals surface area contributed by atoms with E-state index in [9.17, 15) is 4.79 Å². The molecule has 7 heteroatoms.